The average Bonchev–Trinajstić information content (AvgIpc) is 3.04. The molecule has 12 nitrogen and oxygen atoms in total. The van der Waals surface area contributed by atoms with Gasteiger partial charge < -0.3 is 40.6 Å². The highest BCUT2D eigenvalue weighted by Gasteiger charge is 2.39. The molecule has 0 radical (unpaired) electrons. The summed E-state index contributed by atoms with van der Waals surface area (Å²) in [5, 5.41) is 8.47. The van der Waals surface area contributed by atoms with Crippen molar-refractivity contribution in [3.63, 3.8) is 0 Å². The van der Waals surface area contributed by atoms with Crippen LogP contribution in [0.3, 0.4) is 0 Å². The number of esters is 1. The fourth-order valence-electron chi connectivity index (χ4n) is 5.17. The maximum Gasteiger partial charge on any atom is 0.308 e. The number of amides is 3. The first-order valence-corrected chi connectivity index (χ1v) is 17.6. The zero-order chi connectivity index (χ0) is 39.0. The Morgan fingerprint density at radius 3 is 1.98 bits per heavy atom. The molecule has 0 heterocycles. The van der Waals surface area contributed by atoms with Gasteiger partial charge in [0.1, 0.15) is 29.6 Å². The van der Waals surface area contributed by atoms with Crippen LogP contribution in [0.4, 0.5) is 0 Å². The lowest BCUT2D eigenvalue weighted by Crippen LogP contribution is -2.60. The van der Waals surface area contributed by atoms with Crippen LogP contribution in [0.5, 0.6) is 5.75 Å². The molecule has 0 aliphatic rings. The van der Waals surface area contributed by atoms with E-state index in [1.54, 1.807) is 34.6 Å². The van der Waals surface area contributed by atoms with Crippen molar-refractivity contribution in [1.82, 2.24) is 16.0 Å². The second-order valence-electron chi connectivity index (χ2n) is 15.1. The van der Waals surface area contributed by atoms with Gasteiger partial charge >= 0.3 is 5.97 Å². The summed E-state index contributed by atoms with van der Waals surface area (Å²) in [7, 11) is 0. The molecule has 286 valence electrons. The molecule has 0 fully saturated rings. The molecule has 3 unspecified atom stereocenters. The van der Waals surface area contributed by atoms with E-state index in [9.17, 15) is 19.2 Å². The van der Waals surface area contributed by atoms with Crippen molar-refractivity contribution in [1.29, 1.82) is 0 Å². The van der Waals surface area contributed by atoms with Crippen LogP contribution in [0.2, 0.25) is 0 Å². The third-order valence-electron chi connectivity index (χ3n) is 7.58. The van der Waals surface area contributed by atoms with Crippen LogP contribution in [0.1, 0.15) is 72.9 Å². The second kappa shape index (κ2) is 20.6. The van der Waals surface area contributed by atoms with E-state index in [2.05, 4.69) is 21.9 Å². The maximum absolute atomic E-state index is 14.2. The summed E-state index contributed by atoms with van der Waals surface area (Å²) in [6, 6.07) is 14.5. The van der Waals surface area contributed by atoms with Crippen LogP contribution in [0.15, 0.2) is 54.6 Å². The summed E-state index contributed by atoms with van der Waals surface area (Å²) < 4.78 is 22.0. The monoisotopic (exact) mass is 722 g/mol. The number of terminal acetylenes is 1. The Kier molecular flexibility index (Phi) is 17.3. The minimum absolute atomic E-state index is 0.119. The topological polar surface area (TPSA) is 167 Å². The van der Waals surface area contributed by atoms with Crippen molar-refractivity contribution in [2.75, 3.05) is 33.0 Å². The maximum atomic E-state index is 14.2. The number of carbonyl (C=O) groups excluding carboxylic acids is 4. The van der Waals surface area contributed by atoms with Gasteiger partial charge in [-0.15, -0.1) is 6.42 Å². The highest BCUT2D eigenvalue weighted by molar-refractivity contribution is 5.92. The van der Waals surface area contributed by atoms with Gasteiger partial charge in [-0.05, 0) is 91.5 Å². The summed E-state index contributed by atoms with van der Waals surface area (Å²) in [5.41, 5.74) is 5.77. The molecule has 0 aliphatic carbocycles. The summed E-state index contributed by atoms with van der Waals surface area (Å²) in [6.45, 7) is 15.5. The fraction of sp³-hybridized carbons (Fsp3) is 0.550. The van der Waals surface area contributed by atoms with Gasteiger partial charge in [0.2, 0.25) is 17.7 Å². The number of nitrogens with one attached hydrogen (secondary N) is 3. The predicted octanol–water partition coefficient (Wildman–Crippen LogP) is 3.49. The van der Waals surface area contributed by atoms with E-state index >= 15 is 0 Å². The van der Waals surface area contributed by atoms with Crippen LogP contribution in [-0.4, -0.2) is 85.5 Å². The van der Waals surface area contributed by atoms with Crippen molar-refractivity contribution in [2.45, 2.75) is 103 Å². The number of carbonyl (C=O) groups is 4. The van der Waals surface area contributed by atoms with Gasteiger partial charge in [-0.1, -0.05) is 48.4 Å². The smallest absolute Gasteiger partial charge is 0.308 e. The number of ether oxygens (including phenoxy) is 4. The summed E-state index contributed by atoms with van der Waals surface area (Å²) >= 11 is 0. The molecule has 0 spiro atoms. The molecule has 0 saturated carbocycles. The summed E-state index contributed by atoms with van der Waals surface area (Å²) in [6.07, 6.45) is 5.23. The number of hydrogen-bond acceptors (Lipinski definition) is 9. The molecule has 0 aromatic heterocycles. The van der Waals surface area contributed by atoms with Crippen LogP contribution in [0, 0.1) is 18.3 Å². The van der Waals surface area contributed by atoms with Gasteiger partial charge in [0.15, 0.2) is 0 Å². The number of benzene rings is 2. The van der Waals surface area contributed by atoms with Gasteiger partial charge in [0.25, 0.3) is 0 Å². The summed E-state index contributed by atoms with van der Waals surface area (Å²) in [4.78, 5) is 53.9. The lowest BCUT2D eigenvalue weighted by Gasteiger charge is -2.36. The number of hydrogen-bond donors (Lipinski definition) is 4. The first-order chi connectivity index (χ1) is 24.3. The Morgan fingerprint density at radius 1 is 0.769 bits per heavy atom. The Labute approximate surface area is 309 Å². The minimum Gasteiger partial charge on any atom is -0.488 e. The molecule has 2 aromatic carbocycles. The van der Waals surface area contributed by atoms with E-state index in [0.717, 1.165) is 11.1 Å². The van der Waals surface area contributed by atoms with E-state index < -0.39 is 59.3 Å². The third-order valence-corrected chi connectivity index (χ3v) is 7.58. The van der Waals surface area contributed by atoms with Crippen LogP contribution in [0.25, 0.3) is 0 Å². The van der Waals surface area contributed by atoms with Crippen LogP contribution in [-0.2, 0) is 46.2 Å². The van der Waals surface area contributed by atoms with Crippen molar-refractivity contribution < 1.29 is 38.1 Å². The van der Waals surface area contributed by atoms with Crippen molar-refractivity contribution in [3.8, 4) is 18.1 Å². The molecule has 0 bridgehead atoms. The lowest BCUT2D eigenvalue weighted by atomic mass is 9.81. The molecular formula is C40H58N4O8. The standard InChI is InChI=1S/C40H58N4O8/c1-10-21-49-23-24-50-22-20-42-37(48)33(27-34(45)52-39(5,6)7)43-35(46)31(25-28-14-12-11-13-15-28)40(8,9)44-36(47)32(41)26-29-16-18-30(19-17-29)51-38(2,3)4/h1,11-19,31-33H,20-27,41H2,2-9H3,(H,42,48)(H,43,46)(H,44,47). The third kappa shape index (κ3) is 17.2. The molecular weight excluding hydrogens is 664 g/mol. The molecule has 3 atom stereocenters. The van der Waals surface area contributed by atoms with E-state index in [-0.39, 0.29) is 44.8 Å². The minimum atomic E-state index is -1.27. The zero-order valence-electron chi connectivity index (χ0n) is 32.0. The molecule has 12 heteroatoms. The van der Waals surface area contributed by atoms with Crippen molar-refractivity contribution in [2.24, 2.45) is 11.7 Å². The molecule has 0 saturated heterocycles. The van der Waals surface area contributed by atoms with Crippen LogP contribution >= 0.6 is 0 Å². The van der Waals surface area contributed by atoms with Crippen molar-refractivity contribution >= 4 is 23.7 Å². The quantitative estimate of drug-likeness (QED) is 0.0909. The Balaban J connectivity index is 2.22. The van der Waals surface area contributed by atoms with E-state index in [0.29, 0.717) is 12.4 Å². The molecule has 2 rings (SSSR count). The van der Waals surface area contributed by atoms with Gasteiger partial charge in [0, 0.05) is 12.1 Å². The Bertz CT molecular complexity index is 1470. The fourth-order valence-corrected chi connectivity index (χ4v) is 5.17. The summed E-state index contributed by atoms with van der Waals surface area (Å²) in [5.74, 6) is -0.0379. The lowest BCUT2D eigenvalue weighted by molar-refractivity contribution is -0.156. The predicted molar refractivity (Wildman–Crippen MR) is 200 cm³/mol. The Morgan fingerprint density at radius 2 is 1.38 bits per heavy atom. The van der Waals surface area contributed by atoms with Gasteiger partial charge in [-0.2, -0.15) is 0 Å². The second-order valence-corrected chi connectivity index (χ2v) is 15.1. The molecule has 5 N–H and O–H groups in total. The van der Waals surface area contributed by atoms with E-state index in [4.69, 9.17) is 31.1 Å². The van der Waals surface area contributed by atoms with Gasteiger partial charge in [-0.3, -0.25) is 19.2 Å². The van der Waals surface area contributed by atoms with E-state index in [1.165, 1.54) is 0 Å². The highest BCUT2D eigenvalue weighted by atomic mass is 16.6. The average molecular weight is 723 g/mol. The molecule has 3 amide bonds. The largest absolute Gasteiger partial charge is 0.488 e. The zero-order valence-corrected chi connectivity index (χ0v) is 32.0. The number of nitrogens with two attached hydrogens (primary N) is 1. The number of rotatable bonds is 20. The van der Waals surface area contributed by atoms with Gasteiger partial charge in [-0.25, -0.2) is 0 Å². The first kappa shape index (κ1) is 43.7. The van der Waals surface area contributed by atoms with Gasteiger partial charge in [0.05, 0.1) is 38.2 Å². The van der Waals surface area contributed by atoms with E-state index in [1.807, 2.05) is 75.4 Å². The van der Waals surface area contributed by atoms with Crippen molar-refractivity contribution in [3.05, 3.63) is 65.7 Å². The molecule has 0 aliphatic heterocycles. The SMILES string of the molecule is C#CCOCCOCCNC(=O)C(CC(=O)OC(C)(C)C)NC(=O)C(Cc1ccccc1)C(C)(C)NC(=O)C(N)Cc1ccc(OC(C)(C)C)cc1. The first-order valence-electron chi connectivity index (χ1n) is 17.6. The van der Waals surface area contributed by atoms with Crippen LogP contribution < -0.4 is 26.4 Å². The highest BCUT2D eigenvalue weighted by Crippen LogP contribution is 2.24. The molecule has 2 aromatic rings. The normalized spacial score (nSPS) is 13.5. The molecule has 52 heavy (non-hydrogen) atoms. The Hall–Kier alpha value is -4.44.